The number of aliphatic hydroxyl groups excluding tert-OH is 1. The van der Waals surface area contributed by atoms with Crippen molar-refractivity contribution >= 4 is 0 Å². The molecule has 0 aliphatic rings. The zero-order valence-electron chi connectivity index (χ0n) is 12.8. The molecule has 2 rings (SSSR count). The van der Waals surface area contributed by atoms with Gasteiger partial charge in [0.05, 0.1) is 20.3 Å². The molecule has 0 aliphatic carbocycles. The number of ether oxygens (including phenoxy) is 3. The minimum Gasteiger partial charge on any atom is -0.493 e. The Morgan fingerprint density at radius 3 is 2.18 bits per heavy atom. The molecule has 116 valence electrons. The minimum absolute atomic E-state index is 0.400. The van der Waals surface area contributed by atoms with Gasteiger partial charge < -0.3 is 19.3 Å². The highest BCUT2D eigenvalue weighted by atomic mass is 16.5. The molecule has 0 saturated carbocycles. The zero-order valence-corrected chi connectivity index (χ0v) is 12.8. The lowest BCUT2D eigenvalue weighted by Crippen LogP contribution is -2.02. The highest BCUT2D eigenvalue weighted by molar-refractivity contribution is 5.54. The monoisotopic (exact) mass is 300 g/mol. The molecule has 1 unspecified atom stereocenters. The lowest BCUT2D eigenvalue weighted by atomic mass is 10.1. The van der Waals surface area contributed by atoms with Crippen LogP contribution in [0.3, 0.4) is 0 Å². The van der Waals surface area contributed by atoms with Crippen LogP contribution in [0.4, 0.5) is 0 Å². The predicted octanol–water partition coefficient (Wildman–Crippen LogP) is 3.50. The second-order valence-electron chi connectivity index (χ2n) is 4.71. The van der Waals surface area contributed by atoms with Crippen LogP contribution in [-0.2, 0) is 6.61 Å². The maximum absolute atomic E-state index is 9.90. The number of rotatable bonds is 7. The number of hydrogen-bond donors (Lipinski definition) is 1. The van der Waals surface area contributed by atoms with E-state index in [-0.39, 0.29) is 0 Å². The van der Waals surface area contributed by atoms with E-state index in [2.05, 4.69) is 6.58 Å². The molecule has 0 radical (unpaired) electrons. The Morgan fingerprint density at radius 1 is 1.09 bits per heavy atom. The van der Waals surface area contributed by atoms with E-state index >= 15 is 0 Å². The summed E-state index contributed by atoms with van der Waals surface area (Å²) < 4.78 is 16.6. The molecule has 0 amide bonds. The Balaban J connectivity index is 2.30. The summed E-state index contributed by atoms with van der Waals surface area (Å²) in [5, 5.41) is 9.90. The van der Waals surface area contributed by atoms with Gasteiger partial charge >= 0.3 is 0 Å². The van der Waals surface area contributed by atoms with Crippen molar-refractivity contribution in [3.05, 3.63) is 66.2 Å². The maximum Gasteiger partial charge on any atom is 0.203 e. The van der Waals surface area contributed by atoms with E-state index in [1.165, 1.54) is 6.08 Å². The van der Waals surface area contributed by atoms with E-state index in [1.54, 1.807) is 26.4 Å². The topological polar surface area (TPSA) is 47.9 Å². The van der Waals surface area contributed by atoms with Crippen molar-refractivity contribution in [2.45, 2.75) is 12.7 Å². The third-order valence-electron chi connectivity index (χ3n) is 3.27. The first-order valence-corrected chi connectivity index (χ1v) is 6.92. The van der Waals surface area contributed by atoms with Gasteiger partial charge in [-0.05, 0) is 23.3 Å². The molecule has 0 spiro atoms. The lowest BCUT2D eigenvalue weighted by Gasteiger charge is -2.17. The van der Waals surface area contributed by atoms with Gasteiger partial charge in [0, 0.05) is 0 Å². The van der Waals surface area contributed by atoms with E-state index in [9.17, 15) is 5.11 Å². The summed E-state index contributed by atoms with van der Waals surface area (Å²) in [5.74, 6) is 1.52. The SMILES string of the molecule is C=CC(O)c1cc(OC)c(OCc2ccccc2)c(OC)c1. The van der Waals surface area contributed by atoms with E-state index in [0.717, 1.165) is 5.56 Å². The van der Waals surface area contributed by atoms with Gasteiger partial charge in [-0.3, -0.25) is 0 Å². The zero-order chi connectivity index (χ0) is 15.9. The molecule has 1 N–H and O–H groups in total. The largest absolute Gasteiger partial charge is 0.493 e. The smallest absolute Gasteiger partial charge is 0.203 e. The van der Waals surface area contributed by atoms with Crippen molar-refractivity contribution in [2.24, 2.45) is 0 Å². The highest BCUT2D eigenvalue weighted by Crippen LogP contribution is 2.40. The van der Waals surface area contributed by atoms with Gasteiger partial charge in [0.1, 0.15) is 6.61 Å². The second kappa shape index (κ2) is 7.52. The molecule has 0 aliphatic heterocycles. The molecule has 0 aromatic heterocycles. The number of methoxy groups -OCH3 is 2. The number of benzene rings is 2. The summed E-state index contributed by atoms with van der Waals surface area (Å²) in [6.07, 6.45) is 0.657. The van der Waals surface area contributed by atoms with Crippen molar-refractivity contribution in [3.63, 3.8) is 0 Å². The summed E-state index contributed by atoms with van der Waals surface area (Å²) in [5.41, 5.74) is 1.68. The Kier molecular flexibility index (Phi) is 5.44. The molecule has 4 heteroatoms. The van der Waals surface area contributed by atoms with Crippen LogP contribution in [0.5, 0.6) is 17.2 Å². The first-order valence-electron chi connectivity index (χ1n) is 6.92. The van der Waals surface area contributed by atoms with Crippen LogP contribution < -0.4 is 14.2 Å². The Labute approximate surface area is 130 Å². The van der Waals surface area contributed by atoms with Crippen molar-refractivity contribution in [2.75, 3.05) is 14.2 Å². The van der Waals surface area contributed by atoms with Gasteiger partial charge in [-0.1, -0.05) is 36.4 Å². The normalized spacial score (nSPS) is 11.6. The average Bonchev–Trinajstić information content (AvgIpc) is 2.59. The van der Waals surface area contributed by atoms with Crippen molar-refractivity contribution in [1.82, 2.24) is 0 Å². The van der Waals surface area contributed by atoms with Gasteiger partial charge in [-0.15, -0.1) is 6.58 Å². The molecule has 0 heterocycles. The molecule has 0 bridgehead atoms. The molecular weight excluding hydrogens is 280 g/mol. The molecule has 22 heavy (non-hydrogen) atoms. The fourth-order valence-corrected chi connectivity index (χ4v) is 2.08. The van der Waals surface area contributed by atoms with Gasteiger partial charge in [-0.2, -0.15) is 0 Å². The Morgan fingerprint density at radius 2 is 1.68 bits per heavy atom. The molecule has 4 nitrogen and oxygen atoms in total. The van der Waals surface area contributed by atoms with Gasteiger partial charge in [-0.25, -0.2) is 0 Å². The van der Waals surface area contributed by atoms with Crippen LogP contribution in [0.15, 0.2) is 55.1 Å². The molecule has 0 saturated heterocycles. The van der Waals surface area contributed by atoms with Crippen LogP contribution in [0, 0.1) is 0 Å². The summed E-state index contributed by atoms with van der Waals surface area (Å²) in [7, 11) is 3.10. The summed E-state index contributed by atoms with van der Waals surface area (Å²) in [6.45, 7) is 3.98. The number of hydrogen-bond acceptors (Lipinski definition) is 4. The first kappa shape index (κ1) is 15.9. The van der Waals surface area contributed by atoms with Crippen LogP contribution >= 0.6 is 0 Å². The first-order chi connectivity index (χ1) is 10.7. The van der Waals surface area contributed by atoms with E-state index < -0.39 is 6.10 Å². The van der Waals surface area contributed by atoms with Crippen molar-refractivity contribution < 1.29 is 19.3 Å². The summed E-state index contributed by atoms with van der Waals surface area (Å²) in [6, 6.07) is 13.3. The third-order valence-corrected chi connectivity index (χ3v) is 3.27. The second-order valence-corrected chi connectivity index (χ2v) is 4.71. The fraction of sp³-hybridized carbons (Fsp3) is 0.222. The quantitative estimate of drug-likeness (QED) is 0.795. The summed E-state index contributed by atoms with van der Waals surface area (Å²) in [4.78, 5) is 0. The average molecular weight is 300 g/mol. The molecule has 0 fully saturated rings. The van der Waals surface area contributed by atoms with Crippen LogP contribution in [0.2, 0.25) is 0 Å². The highest BCUT2D eigenvalue weighted by Gasteiger charge is 2.16. The Bertz CT molecular complexity index is 597. The Hall–Kier alpha value is -2.46. The lowest BCUT2D eigenvalue weighted by molar-refractivity contribution is 0.225. The van der Waals surface area contributed by atoms with Crippen molar-refractivity contribution in [1.29, 1.82) is 0 Å². The number of aliphatic hydroxyl groups is 1. The molecular formula is C18H20O4. The van der Waals surface area contributed by atoms with E-state index in [0.29, 0.717) is 29.4 Å². The molecule has 1 atom stereocenters. The van der Waals surface area contributed by atoms with Gasteiger partial charge in [0.15, 0.2) is 11.5 Å². The van der Waals surface area contributed by atoms with Gasteiger partial charge in [0.2, 0.25) is 5.75 Å². The molecule has 2 aromatic carbocycles. The minimum atomic E-state index is -0.786. The van der Waals surface area contributed by atoms with E-state index in [1.807, 2.05) is 30.3 Å². The molecule has 2 aromatic rings. The van der Waals surface area contributed by atoms with Crippen LogP contribution in [0.25, 0.3) is 0 Å². The van der Waals surface area contributed by atoms with Crippen LogP contribution in [-0.4, -0.2) is 19.3 Å². The maximum atomic E-state index is 9.90. The standard InChI is InChI=1S/C18H20O4/c1-4-15(19)14-10-16(20-2)18(17(11-14)21-3)22-12-13-8-6-5-7-9-13/h4-11,15,19H,1,12H2,2-3H3. The third kappa shape index (κ3) is 3.59. The van der Waals surface area contributed by atoms with Crippen LogP contribution in [0.1, 0.15) is 17.2 Å². The predicted molar refractivity (Wildman–Crippen MR) is 85.5 cm³/mol. The van der Waals surface area contributed by atoms with E-state index in [4.69, 9.17) is 14.2 Å². The van der Waals surface area contributed by atoms with Gasteiger partial charge in [0.25, 0.3) is 0 Å². The fourth-order valence-electron chi connectivity index (χ4n) is 2.08. The summed E-state index contributed by atoms with van der Waals surface area (Å²) >= 11 is 0. The van der Waals surface area contributed by atoms with Crippen molar-refractivity contribution in [3.8, 4) is 17.2 Å².